The largest absolute Gasteiger partial charge is 0.416 e. The number of aliphatic imine (C=N–C) groups is 1. The lowest BCUT2D eigenvalue weighted by Crippen LogP contribution is -2.41. The summed E-state index contributed by atoms with van der Waals surface area (Å²) in [5.74, 6) is 0.489. The van der Waals surface area contributed by atoms with Gasteiger partial charge in [-0.05, 0) is 58.4 Å². The lowest BCUT2D eigenvalue weighted by molar-refractivity contribution is -0.138. The van der Waals surface area contributed by atoms with Crippen molar-refractivity contribution >= 4 is 29.9 Å². The van der Waals surface area contributed by atoms with E-state index in [0.717, 1.165) is 17.5 Å². The van der Waals surface area contributed by atoms with Gasteiger partial charge in [-0.3, -0.25) is 0 Å². The Bertz CT molecular complexity index is 812. The van der Waals surface area contributed by atoms with E-state index in [-0.39, 0.29) is 42.1 Å². The van der Waals surface area contributed by atoms with Gasteiger partial charge in [0.2, 0.25) is 0 Å². The third kappa shape index (κ3) is 6.39. The molecule has 0 fully saturated rings. The molecular weight excluding hydrogens is 482 g/mol. The molecule has 2 aromatic rings. The second kappa shape index (κ2) is 10.1. The van der Waals surface area contributed by atoms with Crippen LogP contribution in [0.15, 0.2) is 29.3 Å². The highest BCUT2D eigenvalue weighted by molar-refractivity contribution is 14.0. The molecule has 1 aromatic heterocycles. The summed E-state index contributed by atoms with van der Waals surface area (Å²) in [5.41, 5.74) is 1.34. The van der Waals surface area contributed by atoms with E-state index in [2.05, 4.69) is 20.7 Å². The summed E-state index contributed by atoms with van der Waals surface area (Å²) in [6.45, 7) is 9.96. The number of nitrogens with zero attached hydrogens (tertiary/aromatic N) is 3. The predicted octanol–water partition coefficient (Wildman–Crippen LogP) is 4.59. The molecule has 5 nitrogen and oxygen atoms in total. The normalized spacial score (nSPS) is 12.1. The van der Waals surface area contributed by atoms with Crippen LogP contribution in [0.25, 0.3) is 5.69 Å². The molecule has 0 aliphatic carbocycles. The van der Waals surface area contributed by atoms with Crippen LogP contribution < -0.4 is 10.6 Å². The molecule has 156 valence electrons. The Balaban J connectivity index is 0.00000392. The Hall–Kier alpha value is -1.78. The summed E-state index contributed by atoms with van der Waals surface area (Å²) in [6, 6.07) is 6.19. The van der Waals surface area contributed by atoms with Crippen LogP contribution in [0.5, 0.6) is 0 Å². The fourth-order valence-electron chi connectivity index (χ4n) is 2.75. The van der Waals surface area contributed by atoms with E-state index in [1.165, 1.54) is 10.7 Å². The minimum atomic E-state index is -4.47. The van der Waals surface area contributed by atoms with Crippen molar-refractivity contribution in [1.82, 2.24) is 20.4 Å². The zero-order valence-electron chi connectivity index (χ0n) is 16.7. The van der Waals surface area contributed by atoms with Crippen molar-refractivity contribution in [1.29, 1.82) is 0 Å². The topological polar surface area (TPSA) is 54.2 Å². The van der Waals surface area contributed by atoms with E-state index in [1.807, 2.05) is 33.8 Å². The predicted molar refractivity (Wildman–Crippen MR) is 117 cm³/mol. The molecule has 1 aromatic carbocycles. The van der Waals surface area contributed by atoms with Gasteiger partial charge in [0.1, 0.15) is 0 Å². The third-order valence-corrected chi connectivity index (χ3v) is 3.83. The second-order valence-corrected chi connectivity index (χ2v) is 6.67. The maximum Gasteiger partial charge on any atom is 0.416 e. The van der Waals surface area contributed by atoms with Crippen molar-refractivity contribution in [3.8, 4) is 5.69 Å². The van der Waals surface area contributed by atoms with Gasteiger partial charge < -0.3 is 10.6 Å². The average Bonchev–Trinajstić information content (AvgIpc) is 2.90. The van der Waals surface area contributed by atoms with Crippen LogP contribution in [0.2, 0.25) is 0 Å². The van der Waals surface area contributed by atoms with E-state index in [4.69, 9.17) is 0 Å². The molecule has 0 spiro atoms. The maximum atomic E-state index is 13.6. The number of aryl methyl sites for hydroxylation is 2. The summed E-state index contributed by atoms with van der Waals surface area (Å²) >= 11 is 0. The molecule has 9 heteroatoms. The van der Waals surface area contributed by atoms with Gasteiger partial charge in [-0.1, -0.05) is 6.07 Å². The van der Waals surface area contributed by atoms with Crippen molar-refractivity contribution in [2.75, 3.05) is 6.54 Å². The smallest absolute Gasteiger partial charge is 0.357 e. The molecular formula is C19H27F3IN5. The molecule has 0 atom stereocenters. The zero-order chi connectivity index (χ0) is 20.2. The number of aromatic nitrogens is 2. The molecule has 0 radical (unpaired) electrons. The summed E-state index contributed by atoms with van der Waals surface area (Å²) in [7, 11) is 0. The lowest BCUT2D eigenvalue weighted by atomic mass is 10.1. The molecule has 0 saturated carbocycles. The number of hydrogen-bond donors (Lipinski definition) is 2. The first-order chi connectivity index (χ1) is 12.6. The summed E-state index contributed by atoms with van der Waals surface area (Å²) < 4.78 is 42.4. The van der Waals surface area contributed by atoms with Crippen LogP contribution >= 0.6 is 24.0 Å². The molecule has 28 heavy (non-hydrogen) atoms. The average molecular weight is 509 g/mol. The number of benzene rings is 1. The zero-order valence-corrected chi connectivity index (χ0v) is 19.0. The van der Waals surface area contributed by atoms with Crippen molar-refractivity contribution in [2.45, 2.75) is 53.4 Å². The second-order valence-electron chi connectivity index (χ2n) is 6.67. The molecule has 0 amide bonds. The summed E-state index contributed by atoms with van der Waals surface area (Å²) in [4.78, 5) is 4.29. The van der Waals surface area contributed by atoms with Crippen LogP contribution in [0.1, 0.15) is 43.3 Å². The number of hydrogen-bond acceptors (Lipinski definition) is 2. The van der Waals surface area contributed by atoms with E-state index in [0.29, 0.717) is 18.2 Å². The summed E-state index contributed by atoms with van der Waals surface area (Å²) in [5, 5.41) is 10.4. The molecule has 2 N–H and O–H groups in total. The first-order valence-electron chi connectivity index (χ1n) is 8.90. The standard InChI is InChI=1S/C19H26F3N5.HI/c1-6-23-18(25-12(2)3)24-11-15-7-8-16(10-17(15)19(20,21)22)27-14(5)9-13(4)26-27;/h7-10,12H,6,11H2,1-5H3,(H2,23,24,25);1H. The van der Waals surface area contributed by atoms with E-state index in [1.54, 1.807) is 13.0 Å². The third-order valence-electron chi connectivity index (χ3n) is 3.83. The van der Waals surface area contributed by atoms with Gasteiger partial charge in [-0.15, -0.1) is 24.0 Å². The van der Waals surface area contributed by atoms with Crippen molar-refractivity contribution in [2.24, 2.45) is 4.99 Å². The number of guanidine groups is 1. The van der Waals surface area contributed by atoms with Gasteiger partial charge in [-0.25, -0.2) is 9.67 Å². The SMILES string of the molecule is CCNC(=NCc1ccc(-n2nc(C)cc2C)cc1C(F)(F)F)NC(C)C.I. The Morgan fingerprint density at radius 2 is 1.89 bits per heavy atom. The van der Waals surface area contributed by atoms with Gasteiger partial charge >= 0.3 is 6.18 Å². The van der Waals surface area contributed by atoms with Crippen LogP contribution in [-0.4, -0.2) is 28.3 Å². The van der Waals surface area contributed by atoms with Crippen molar-refractivity contribution in [3.05, 3.63) is 46.8 Å². The Labute approximate surface area is 180 Å². The number of alkyl halides is 3. The lowest BCUT2D eigenvalue weighted by Gasteiger charge is -2.16. The molecule has 1 heterocycles. The van der Waals surface area contributed by atoms with Crippen LogP contribution in [0, 0.1) is 13.8 Å². The van der Waals surface area contributed by atoms with Gasteiger partial charge in [0, 0.05) is 18.3 Å². The van der Waals surface area contributed by atoms with E-state index >= 15 is 0 Å². The monoisotopic (exact) mass is 509 g/mol. The Kier molecular flexibility index (Phi) is 8.77. The highest BCUT2D eigenvalue weighted by atomic mass is 127. The molecule has 0 aliphatic rings. The minimum absolute atomic E-state index is 0. The molecule has 0 unspecified atom stereocenters. The van der Waals surface area contributed by atoms with Gasteiger partial charge in [-0.2, -0.15) is 18.3 Å². The molecule has 2 rings (SSSR count). The van der Waals surface area contributed by atoms with Crippen molar-refractivity contribution in [3.63, 3.8) is 0 Å². The molecule has 0 saturated heterocycles. The molecule has 0 bridgehead atoms. The Morgan fingerprint density at radius 1 is 1.21 bits per heavy atom. The number of nitrogens with one attached hydrogen (secondary N) is 2. The van der Waals surface area contributed by atoms with E-state index in [9.17, 15) is 13.2 Å². The first kappa shape index (κ1) is 24.3. The quantitative estimate of drug-likeness (QED) is 0.352. The minimum Gasteiger partial charge on any atom is -0.357 e. The number of rotatable bonds is 5. The number of halogens is 4. The highest BCUT2D eigenvalue weighted by Crippen LogP contribution is 2.34. The summed E-state index contributed by atoms with van der Waals surface area (Å²) in [6.07, 6.45) is -4.47. The van der Waals surface area contributed by atoms with Crippen LogP contribution in [-0.2, 0) is 12.7 Å². The van der Waals surface area contributed by atoms with Gasteiger partial charge in [0.15, 0.2) is 5.96 Å². The van der Waals surface area contributed by atoms with Crippen LogP contribution in [0.4, 0.5) is 13.2 Å². The molecule has 0 aliphatic heterocycles. The van der Waals surface area contributed by atoms with Gasteiger partial charge in [0.25, 0.3) is 0 Å². The highest BCUT2D eigenvalue weighted by Gasteiger charge is 2.33. The maximum absolute atomic E-state index is 13.6. The fourth-order valence-corrected chi connectivity index (χ4v) is 2.75. The van der Waals surface area contributed by atoms with Crippen LogP contribution in [0.3, 0.4) is 0 Å². The fraction of sp³-hybridized carbons (Fsp3) is 0.474. The van der Waals surface area contributed by atoms with E-state index < -0.39 is 11.7 Å². The first-order valence-corrected chi connectivity index (χ1v) is 8.90. The van der Waals surface area contributed by atoms with Gasteiger partial charge in [0.05, 0.1) is 23.5 Å². The Morgan fingerprint density at radius 3 is 2.39 bits per heavy atom. The van der Waals surface area contributed by atoms with Crippen molar-refractivity contribution < 1.29 is 13.2 Å².